The summed E-state index contributed by atoms with van der Waals surface area (Å²) in [5, 5.41) is 12.4. The zero-order valence-electron chi connectivity index (χ0n) is 15.6. The van der Waals surface area contributed by atoms with Crippen molar-refractivity contribution in [2.24, 2.45) is 0 Å². The van der Waals surface area contributed by atoms with Gasteiger partial charge in [0.25, 0.3) is 5.91 Å². The highest BCUT2D eigenvalue weighted by molar-refractivity contribution is 6.30. The number of carbonyl (C=O) groups is 2. The number of carboxylic acids is 1. The Kier molecular flexibility index (Phi) is 6.21. The number of rotatable bonds is 5. The van der Waals surface area contributed by atoms with Gasteiger partial charge in [0, 0.05) is 48.5 Å². The predicted octanol–water partition coefficient (Wildman–Crippen LogP) is 3.64. The van der Waals surface area contributed by atoms with Crippen LogP contribution in [0.1, 0.15) is 6.92 Å². The second-order valence-electron chi connectivity index (χ2n) is 6.59. The average molecular weight is 400 g/mol. The number of halogens is 1. The van der Waals surface area contributed by atoms with Gasteiger partial charge >= 0.3 is 5.97 Å². The van der Waals surface area contributed by atoms with Gasteiger partial charge in [0.2, 0.25) is 0 Å². The molecule has 2 aromatic carbocycles. The van der Waals surface area contributed by atoms with Gasteiger partial charge in [-0.3, -0.25) is 4.79 Å². The van der Waals surface area contributed by atoms with Crippen molar-refractivity contribution in [2.75, 3.05) is 41.3 Å². The van der Waals surface area contributed by atoms with Crippen LogP contribution in [-0.2, 0) is 9.59 Å². The van der Waals surface area contributed by atoms with E-state index in [4.69, 9.17) is 16.7 Å². The molecule has 0 radical (unpaired) electrons. The Morgan fingerprint density at radius 1 is 1.00 bits per heavy atom. The fraction of sp³-hybridized carbons (Fsp3) is 0.238. The van der Waals surface area contributed by atoms with Gasteiger partial charge in [-0.05, 0) is 43.3 Å². The van der Waals surface area contributed by atoms with Crippen LogP contribution in [0.4, 0.5) is 17.1 Å². The van der Waals surface area contributed by atoms with Crippen LogP contribution in [0, 0.1) is 0 Å². The first-order valence-corrected chi connectivity index (χ1v) is 9.39. The summed E-state index contributed by atoms with van der Waals surface area (Å²) in [6.45, 7) is 4.79. The van der Waals surface area contributed by atoms with Crippen LogP contribution in [0.5, 0.6) is 0 Å². The number of nitrogens with one attached hydrogen (secondary N) is 1. The lowest BCUT2D eigenvalue weighted by atomic mass is 10.2. The number of carbonyl (C=O) groups excluding carboxylic acids is 1. The maximum absolute atomic E-state index is 12.3. The van der Waals surface area contributed by atoms with Crippen LogP contribution in [0.25, 0.3) is 0 Å². The number of hydrogen-bond donors (Lipinski definition) is 2. The highest BCUT2D eigenvalue weighted by atomic mass is 35.5. The maximum Gasteiger partial charge on any atom is 0.328 e. The smallest absolute Gasteiger partial charge is 0.328 e. The third-order valence-corrected chi connectivity index (χ3v) is 4.91. The monoisotopic (exact) mass is 399 g/mol. The number of hydrogen-bond acceptors (Lipinski definition) is 4. The van der Waals surface area contributed by atoms with E-state index in [2.05, 4.69) is 15.1 Å². The van der Waals surface area contributed by atoms with E-state index in [-0.39, 0.29) is 5.57 Å². The number of nitrogens with zero attached hydrogens (tertiary/aromatic N) is 2. The van der Waals surface area contributed by atoms with Gasteiger partial charge in [-0.2, -0.15) is 0 Å². The number of piperazine rings is 1. The molecule has 2 N–H and O–H groups in total. The van der Waals surface area contributed by atoms with Gasteiger partial charge < -0.3 is 20.2 Å². The van der Waals surface area contributed by atoms with Gasteiger partial charge in [-0.15, -0.1) is 0 Å². The fourth-order valence-corrected chi connectivity index (χ4v) is 3.31. The van der Waals surface area contributed by atoms with E-state index in [1.165, 1.54) is 6.92 Å². The van der Waals surface area contributed by atoms with E-state index in [1.807, 2.05) is 48.5 Å². The fourth-order valence-electron chi connectivity index (χ4n) is 3.18. The van der Waals surface area contributed by atoms with Gasteiger partial charge in [0.05, 0.1) is 11.4 Å². The Morgan fingerprint density at radius 3 is 2.25 bits per heavy atom. The number of anilines is 3. The Labute approximate surface area is 169 Å². The molecule has 1 fully saturated rings. The molecule has 0 aliphatic carbocycles. The number of amides is 1. The van der Waals surface area contributed by atoms with Gasteiger partial charge in [0.1, 0.15) is 0 Å². The molecule has 0 spiro atoms. The van der Waals surface area contributed by atoms with E-state index in [1.54, 1.807) is 0 Å². The largest absolute Gasteiger partial charge is 0.478 e. The van der Waals surface area contributed by atoms with Gasteiger partial charge in [0.15, 0.2) is 0 Å². The van der Waals surface area contributed by atoms with Crippen molar-refractivity contribution in [1.82, 2.24) is 0 Å². The van der Waals surface area contributed by atoms with Crippen molar-refractivity contribution >= 4 is 40.5 Å². The van der Waals surface area contributed by atoms with Crippen LogP contribution < -0.4 is 15.1 Å². The molecule has 1 aliphatic rings. The average Bonchev–Trinajstić information content (AvgIpc) is 2.69. The molecule has 0 unspecified atom stereocenters. The molecule has 0 saturated carbocycles. The molecule has 146 valence electrons. The van der Waals surface area contributed by atoms with Crippen molar-refractivity contribution in [3.05, 3.63) is 65.2 Å². The van der Waals surface area contributed by atoms with Crippen molar-refractivity contribution in [3.8, 4) is 0 Å². The Bertz CT molecular complexity index is 888. The van der Waals surface area contributed by atoms with E-state index in [0.29, 0.717) is 5.69 Å². The highest BCUT2D eigenvalue weighted by Crippen LogP contribution is 2.28. The number of para-hydroxylation sites is 2. The van der Waals surface area contributed by atoms with Crippen LogP contribution in [0.15, 0.2) is 60.2 Å². The minimum Gasteiger partial charge on any atom is -0.478 e. The third-order valence-electron chi connectivity index (χ3n) is 4.66. The molecule has 0 atom stereocenters. The molecule has 1 aliphatic heterocycles. The van der Waals surface area contributed by atoms with Gasteiger partial charge in [-0.1, -0.05) is 23.7 Å². The molecule has 6 nitrogen and oxygen atoms in total. The first-order valence-electron chi connectivity index (χ1n) is 9.01. The normalized spacial score (nSPS) is 14.7. The first-order chi connectivity index (χ1) is 13.4. The molecule has 1 heterocycles. The SMILES string of the molecule is CC(=CC(=O)O)C(=O)Nc1ccccc1N1CCN(c2ccc(Cl)cc2)CC1. The van der Waals surface area contributed by atoms with Crippen LogP contribution in [0.3, 0.4) is 0 Å². The van der Waals surface area contributed by atoms with Crippen LogP contribution in [-0.4, -0.2) is 43.2 Å². The Morgan fingerprint density at radius 2 is 1.61 bits per heavy atom. The van der Waals surface area contributed by atoms with Crippen LogP contribution in [0.2, 0.25) is 5.02 Å². The lowest BCUT2D eigenvalue weighted by Gasteiger charge is -2.38. The second kappa shape index (κ2) is 8.80. The first kappa shape index (κ1) is 19.8. The van der Waals surface area contributed by atoms with E-state index >= 15 is 0 Å². The summed E-state index contributed by atoms with van der Waals surface area (Å²) in [6.07, 6.45) is 0.906. The predicted molar refractivity (Wildman–Crippen MR) is 112 cm³/mol. The third kappa shape index (κ3) is 4.84. The standard InChI is InChI=1S/C21H22ClN3O3/c1-15(14-20(26)27)21(28)23-18-4-2-3-5-19(18)25-12-10-24(11-13-25)17-8-6-16(22)7-9-17/h2-9,14H,10-13H2,1H3,(H,23,28)(H,26,27). The van der Waals surface area contributed by atoms with E-state index in [9.17, 15) is 9.59 Å². The van der Waals surface area contributed by atoms with E-state index < -0.39 is 11.9 Å². The zero-order valence-corrected chi connectivity index (χ0v) is 16.3. The Hall–Kier alpha value is -2.99. The quantitative estimate of drug-likeness (QED) is 0.751. The number of aliphatic carboxylic acids is 1. The lowest BCUT2D eigenvalue weighted by molar-refractivity contribution is -0.131. The molecule has 0 aromatic heterocycles. The second-order valence-corrected chi connectivity index (χ2v) is 7.02. The highest BCUT2D eigenvalue weighted by Gasteiger charge is 2.20. The van der Waals surface area contributed by atoms with E-state index in [0.717, 1.165) is 48.7 Å². The maximum atomic E-state index is 12.3. The number of benzene rings is 2. The molecule has 7 heteroatoms. The molecule has 2 aromatic rings. The summed E-state index contributed by atoms with van der Waals surface area (Å²) in [5.74, 6) is -1.56. The molecule has 1 amide bonds. The molecule has 3 rings (SSSR count). The molecular weight excluding hydrogens is 378 g/mol. The minimum atomic E-state index is -1.14. The summed E-state index contributed by atoms with van der Waals surface area (Å²) < 4.78 is 0. The topological polar surface area (TPSA) is 72.9 Å². The van der Waals surface area contributed by atoms with Crippen molar-refractivity contribution < 1.29 is 14.7 Å². The molecule has 28 heavy (non-hydrogen) atoms. The zero-order chi connectivity index (χ0) is 20.1. The van der Waals surface area contributed by atoms with Crippen molar-refractivity contribution in [3.63, 3.8) is 0 Å². The molecule has 1 saturated heterocycles. The summed E-state index contributed by atoms with van der Waals surface area (Å²) in [6, 6.07) is 15.4. The van der Waals surface area contributed by atoms with Crippen molar-refractivity contribution in [2.45, 2.75) is 6.92 Å². The lowest BCUT2D eigenvalue weighted by Crippen LogP contribution is -2.46. The summed E-state index contributed by atoms with van der Waals surface area (Å²) >= 11 is 5.96. The minimum absolute atomic E-state index is 0.148. The summed E-state index contributed by atoms with van der Waals surface area (Å²) in [7, 11) is 0. The molecule has 0 bridgehead atoms. The summed E-state index contributed by atoms with van der Waals surface area (Å²) in [4.78, 5) is 27.6. The molecular formula is C21H22ClN3O3. The Balaban J connectivity index is 1.69. The van der Waals surface area contributed by atoms with Crippen LogP contribution >= 0.6 is 11.6 Å². The van der Waals surface area contributed by atoms with Gasteiger partial charge in [-0.25, -0.2) is 4.79 Å². The number of carboxylic acid groups (broad SMARTS) is 1. The van der Waals surface area contributed by atoms with Crippen molar-refractivity contribution in [1.29, 1.82) is 0 Å². The summed E-state index contributed by atoms with van der Waals surface area (Å²) in [5.41, 5.74) is 2.88.